The predicted molar refractivity (Wildman–Crippen MR) is 128 cm³/mol. The lowest BCUT2D eigenvalue weighted by Gasteiger charge is -2.24. The Bertz CT molecular complexity index is 1210. The minimum Gasteiger partial charge on any atom is -0.444 e. The molecule has 36 heavy (non-hydrogen) atoms. The quantitative estimate of drug-likeness (QED) is 0.603. The molecule has 1 heterocycles. The van der Waals surface area contributed by atoms with Crippen LogP contribution in [0.1, 0.15) is 46.1 Å². The van der Waals surface area contributed by atoms with Crippen LogP contribution in [0.2, 0.25) is 0 Å². The number of anilines is 1. The number of alkyl carbamates (subject to hydrolysis) is 1. The molecule has 0 radical (unpaired) electrons. The van der Waals surface area contributed by atoms with Crippen molar-refractivity contribution in [3.8, 4) is 11.1 Å². The van der Waals surface area contributed by atoms with Gasteiger partial charge in [-0.25, -0.2) is 18.4 Å². The van der Waals surface area contributed by atoms with Crippen LogP contribution in [0.25, 0.3) is 11.1 Å². The Balaban J connectivity index is 1.49. The summed E-state index contributed by atoms with van der Waals surface area (Å²) in [6.07, 6.45) is -0.666. The van der Waals surface area contributed by atoms with Crippen LogP contribution < -0.4 is 15.5 Å². The van der Waals surface area contributed by atoms with Crippen molar-refractivity contribution in [1.82, 2.24) is 10.6 Å². The Kier molecular flexibility index (Phi) is 6.64. The highest BCUT2D eigenvalue weighted by Crippen LogP contribution is 2.47. The summed E-state index contributed by atoms with van der Waals surface area (Å²) in [5.41, 5.74) is -0.416. The molecule has 1 atom stereocenters. The van der Waals surface area contributed by atoms with Gasteiger partial charge in [-0.3, -0.25) is 9.69 Å². The molecule has 0 bridgehead atoms. The van der Waals surface area contributed by atoms with Gasteiger partial charge in [0, 0.05) is 18.1 Å². The fourth-order valence-corrected chi connectivity index (χ4v) is 4.16. The molecule has 2 aromatic rings. The molecule has 1 aliphatic heterocycles. The smallest absolute Gasteiger partial charge is 0.414 e. The maximum atomic E-state index is 15.1. The molecular formula is C26H29F2N3O5. The molecule has 2 N–H and O–H groups in total. The lowest BCUT2D eigenvalue weighted by Crippen LogP contribution is -2.39. The summed E-state index contributed by atoms with van der Waals surface area (Å²) in [6.45, 7) is 6.93. The Labute approximate surface area is 207 Å². The number of nitrogens with zero attached hydrogens (tertiary/aromatic N) is 1. The van der Waals surface area contributed by atoms with E-state index in [1.807, 2.05) is 0 Å². The molecule has 1 saturated carbocycles. The first kappa shape index (κ1) is 25.4. The van der Waals surface area contributed by atoms with Crippen molar-refractivity contribution >= 4 is 23.8 Å². The van der Waals surface area contributed by atoms with Gasteiger partial charge in [-0.2, -0.15) is 0 Å². The van der Waals surface area contributed by atoms with E-state index in [2.05, 4.69) is 10.6 Å². The van der Waals surface area contributed by atoms with Crippen LogP contribution in [0.15, 0.2) is 36.4 Å². The number of benzene rings is 2. The van der Waals surface area contributed by atoms with Gasteiger partial charge >= 0.3 is 12.2 Å². The first-order chi connectivity index (χ1) is 16.9. The van der Waals surface area contributed by atoms with Gasteiger partial charge in [0.05, 0.1) is 24.3 Å². The zero-order chi connectivity index (χ0) is 26.3. The van der Waals surface area contributed by atoms with Gasteiger partial charge in [0.1, 0.15) is 23.3 Å². The van der Waals surface area contributed by atoms with E-state index in [1.165, 1.54) is 30.0 Å². The van der Waals surface area contributed by atoms with Crippen molar-refractivity contribution in [1.29, 1.82) is 0 Å². The predicted octanol–water partition coefficient (Wildman–Crippen LogP) is 4.61. The van der Waals surface area contributed by atoms with Crippen LogP contribution in [-0.4, -0.2) is 42.9 Å². The van der Waals surface area contributed by atoms with Gasteiger partial charge in [0.25, 0.3) is 0 Å². The maximum Gasteiger partial charge on any atom is 0.414 e. The molecule has 10 heteroatoms. The third kappa shape index (κ3) is 5.58. The molecular weight excluding hydrogens is 472 g/mol. The van der Waals surface area contributed by atoms with Crippen molar-refractivity contribution in [2.45, 2.75) is 57.8 Å². The maximum absolute atomic E-state index is 15.1. The Morgan fingerprint density at radius 2 is 1.86 bits per heavy atom. The highest BCUT2D eigenvalue weighted by molar-refractivity contribution is 5.90. The van der Waals surface area contributed by atoms with Gasteiger partial charge < -0.3 is 20.1 Å². The molecule has 1 aliphatic carbocycles. The molecule has 2 aromatic carbocycles. The van der Waals surface area contributed by atoms with E-state index in [0.29, 0.717) is 29.7 Å². The molecule has 192 valence electrons. The summed E-state index contributed by atoms with van der Waals surface area (Å²) in [5.74, 6) is -1.44. The number of hydrogen-bond acceptors (Lipinski definition) is 5. The van der Waals surface area contributed by atoms with E-state index in [1.54, 1.807) is 39.0 Å². The van der Waals surface area contributed by atoms with Gasteiger partial charge in [0.2, 0.25) is 5.91 Å². The fraction of sp³-hybridized carbons (Fsp3) is 0.423. The molecule has 3 amide bonds. The SMILES string of the molecule is CC(=O)NC[C@H]1CN(c2ccc(-c3ccc(C4(NC(=O)OC(C)(C)C)CC4)c(F)c3)c(F)c2)C(=O)O1. The standard InChI is InChI=1S/C26H29F2N3O5/c1-15(32)29-13-18-14-31(24(34)35-18)17-6-7-19(21(27)12-17)16-5-8-20(22(28)11-16)26(9-10-26)30-23(33)36-25(2,3)4/h5-8,11-12,18H,9-10,13-14H2,1-4H3,(H,29,32)(H,30,33)/t18-/m0/s1. The van der Waals surface area contributed by atoms with Crippen molar-refractivity contribution in [3.63, 3.8) is 0 Å². The monoisotopic (exact) mass is 501 g/mol. The molecule has 1 saturated heterocycles. The highest BCUT2D eigenvalue weighted by atomic mass is 19.1. The van der Waals surface area contributed by atoms with Crippen molar-refractivity contribution < 1.29 is 32.6 Å². The number of carbonyl (C=O) groups excluding carboxylic acids is 3. The molecule has 0 aromatic heterocycles. The zero-order valence-electron chi connectivity index (χ0n) is 20.6. The number of nitrogens with one attached hydrogen (secondary N) is 2. The molecule has 2 aliphatic rings. The summed E-state index contributed by atoms with van der Waals surface area (Å²) in [6, 6.07) is 8.60. The summed E-state index contributed by atoms with van der Waals surface area (Å²) in [4.78, 5) is 36.8. The number of ether oxygens (including phenoxy) is 2. The average molecular weight is 502 g/mol. The van der Waals surface area contributed by atoms with Crippen LogP contribution in [0.3, 0.4) is 0 Å². The zero-order valence-corrected chi connectivity index (χ0v) is 20.6. The van der Waals surface area contributed by atoms with Gasteiger partial charge in [-0.05, 0) is 63.4 Å². The minimum atomic E-state index is -0.836. The van der Waals surface area contributed by atoms with Crippen LogP contribution in [0, 0.1) is 11.6 Å². The van der Waals surface area contributed by atoms with Crippen molar-refractivity contribution in [2.75, 3.05) is 18.0 Å². The Hall–Kier alpha value is -3.69. The number of cyclic esters (lactones) is 1. The van der Waals surface area contributed by atoms with Gasteiger partial charge in [-0.1, -0.05) is 12.1 Å². The van der Waals surface area contributed by atoms with Crippen molar-refractivity contribution in [2.24, 2.45) is 0 Å². The van der Waals surface area contributed by atoms with Crippen LogP contribution >= 0.6 is 0 Å². The second-order valence-corrected chi connectivity index (χ2v) is 10.1. The van der Waals surface area contributed by atoms with E-state index in [4.69, 9.17) is 9.47 Å². The second-order valence-electron chi connectivity index (χ2n) is 10.1. The second kappa shape index (κ2) is 9.40. The van der Waals surface area contributed by atoms with E-state index < -0.39 is 41.1 Å². The van der Waals surface area contributed by atoms with Gasteiger partial charge in [-0.15, -0.1) is 0 Å². The third-order valence-corrected chi connectivity index (χ3v) is 6.00. The normalized spacial score (nSPS) is 18.4. The average Bonchev–Trinajstić information content (AvgIpc) is 3.43. The number of rotatable bonds is 6. The number of carbonyl (C=O) groups is 3. The summed E-state index contributed by atoms with van der Waals surface area (Å²) < 4.78 is 40.7. The highest BCUT2D eigenvalue weighted by Gasteiger charge is 2.48. The first-order valence-electron chi connectivity index (χ1n) is 11.7. The van der Waals surface area contributed by atoms with E-state index in [-0.39, 0.29) is 24.6 Å². The topological polar surface area (TPSA) is 97.0 Å². The Morgan fingerprint density at radius 3 is 2.44 bits per heavy atom. The fourth-order valence-electron chi connectivity index (χ4n) is 4.16. The van der Waals surface area contributed by atoms with Gasteiger partial charge in [0.15, 0.2) is 0 Å². The number of hydrogen-bond donors (Lipinski definition) is 2. The largest absolute Gasteiger partial charge is 0.444 e. The van der Waals surface area contributed by atoms with Crippen LogP contribution in [0.5, 0.6) is 0 Å². The first-order valence-corrected chi connectivity index (χ1v) is 11.7. The summed E-state index contributed by atoms with van der Waals surface area (Å²) >= 11 is 0. The molecule has 4 rings (SSSR count). The Morgan fingerprint density at radius 1 is 1.14 bits per heavy atom. The van der Waals surface area contributed by atoms with Crippen LogP contribution in [0.4, 0.5) is 24.1 Å². The lowest BCUT2D eigenvalue weighted by atomic mass is 9.98. The van der Waals surface area contributed by atoms with E-state index >= 15 is 8.78 Å². The van der Waals surface area contributed by atoms with E-state index in [0.717, 1.165) is 0 Å². The number of amides is 3. The third-order valence-electron chi connectivity index (χ3n) is 6.00. The lowest BCUT2D eigenvalue weighted by molar-refractivity contribution is -0.119. The van der Waals surface area contributed by atoms with Crippen LogP contribution in [-0.2, 0) is 19.8 Å². The molecule has 8 nitrogen and oxygen atoms in total. The summed E-state index contributed by atoms with van der Waals surface area (Å²) in [7, 11) is 0. The summed E-state index contributed by atoms with van der Waals surface area (Å²) in [5, 5.41) is 5.35. The molecule has 2 fully saturated rings. The molecule has 0 spiro atoms. The number of halogens is 2. The molecule has 0 unspecified atom stereocenters. The van der Waals surface area contributed by atoms with Crippen molar-refractivity contribution in [3.05, 3.63) is 53.6 Å². The van der Waals surface area contributed by atoms with E-state index in [9.17, 15) is 14.4 Å². The minimum absolute atomic E-state index is 0.161.